The van der Waals surface area contributed by atoms with E-state index in [0.717, 1.165) is 13.0 Å². The minimum absolute atomic E-state index is 0.196. The molecule has 0 spiro atoms. The zero-order valence-corrected chi connectivity index (χ0v) is 12.7. The number of pyridine rings is 1. The largest absolute Gasteiger partial charge is 0.370 e. The fraction of sp³-hybridized carbons (Fsp3) is 0.385. The van der Waals surface area contributed by atoms with Crippen LogP contribution in [0.15, 0.2) is 18.6 Å². The van der Waals surface area contributed by atoms with Crippen molar-refractivity contribution in [3.05, 3.63) is 35.0 Å². The summed E-state index contributed by atoms with van der Waals surface area (Å²) in [5.74, 6) is 1.05. The molecule has 2 aromatic rings. The number of hydrogen-bond acceptors (Lipinski definition) is 5. The van der Waals surface area contributed by atoms with E-state index in [4.69, 9.17) is 11.6 Å². The fourth-order valence-corrected chi connectivity index (χ4v) is 1.95. The lowest BCUT2D eigenvalue weighted by Gasteiger charge is -2.17. The van der Waals surface area contributed by atoms with E-state index in [0.29, 0.717) is 28.8 Å². The minimum atomic E-state index is -0.196. The van der Waals surface area contributed by atoms with Gasteiger partial charge in [-0.2, -0.15) is 5.10 Å². The molecular formula is C13H17ClN6O. The molecule has 2 rings (SSSR count). The Hall–Kier alpha value is -2.15. The van der Waals surface area contributed by atoms with Crippen molar-refractivity contribution in [3.63, 3.8) is 0 Å². The molecule has 2 N–H and O–H groups in total. The Morgan fingerprint density at radius 2 is 2.29 bits per heavy atom. The van der Waals surface area contributed by atoms with Crippen molar-refractivity contribution in [2.75, 3.05) is 18.9 Å². The number of aromatic nitrogens is 4. The second-order valence-corrected chi connectivity index (χ2v) is 4.98. The SMILES string of the molecule is CCCNc1cc(C(=O)N(C)Cc2ncn[nH]2)c(Cl)cn1. The van der Waals surface area contributed by atoms with Gasteiger partial charge in [0.25, 0.3) is 5.91 Å². The molecule has 0 aliphatic carbocycles. The molecular weight excluding hydrogens is 292 g/mol. The van der Waals surface area contributed by atoms with Gasteiger partial charge in [-0.25, -0.2) is 9.97 Å². The summed E-state index contributed by atoms with van der Waals surface area (Å²) in [5.41, 5.74) is 0.410. The highest BCUT2D eigenvalue weighted by atomic mass is 35.5. The number of rotatable bonds is 6. The van der Waals surface area contributed by atoms with E-state index in [1.807, 2.05) is 0 Å². The molecule has 0 bridgehead atoms. The summed E-state index contributed by atoms with van der Waals surface area (Å²) in [5, 5.41) is 9.93. The first-order valence-corrected chi connectivity index (χ1v) is 6.98. The van der Waals surface area contributed by atoms with E-state index < -0.39 is 0 Å². The number of amides is 1. The van der Waals surface area contributed by atoms with Crippen LogP contribution in [0.25, 0.3) is 0 Å². The van der Waals surface area contributed by atoms with Crippen LogP contribution in [0.1, 0.15) is 29.5 Å². The molecule has 7 nitrogen and oxygen atoms in total. The molecule has 0 fully saturated rings. The molecule has 112 valence electrons. The second kappa shape index (κ2) is 7.03. The topological polar surface area (TPSA) is 86.8 Å². The number of nitrogens with one attached hydrogen (secondary N) is 2. The maximum Gasteiger partial charge on any atom is 0.255 e. The first-order valence-electron chi connectivity index (χ1n) is 6.61. The van der Waals surface area contributed by atoms with Crippen LogP contribution in [-0.4, -0.2) is 44.6 Å². The molecule has 0 aliphatic heterocycles. The summed E-state index contributed by atoms with van der Waals surface area (Å²) in [6, 6.07) is 1.66. The summed E-state index contributed by atoms with van der Waals surface area (Å²) in [4.78, 5) is 22.1. The molecule has 0 saturated heterocycles. The number of hydrogen-bond donors (Lipinski definition) is 2. The van der Waals surface area contributed by atoms with Gasteiger partial charge in [-0.15, -0.1) is 0 Å². The van der Waals surface area contributed by atoms with E-state index in [2.05, 4.69) is 32.4 Å². The van der Waals surface area contributed by atoms with Gasteiger partial charge in [0.1, 0.15) is 18.0 Å². The Kier molecular flexibility index (Phi) is 5.10. The molecule has 2 heterocycles. The van der Waals surface area contributed by atoms with Crippen molar-refractivity contribution in [2.45, 2.75) is 19.9 Å². The lowest BCUT2D eigenvalue weighted by atomic mass is 10.2. The smallest absolute Gasteiger partial charge is 0.255 e. The van der Waals surface area contributed by atoms with E-state index in [-0.39, 0.29) is 5.91 Å². The van der Waals surface area contributed by atoms with E-state index in [1.165, 1.54) is 17.4 Å². The third-order valence-electron chi connectivity index (χ3n) is 2.84. The summed E-state index contributed by atoms with van der Waals surface area (Å²) >= 11 is 6.08. The summed E-state index contributed by atoms with van der Waals surface area (Å²) in [7, 11) is 1.68. The third-order valence-corrected chi connectivity index (χ3v) is 3.14. The molecule has 1 amide bonds. The number of nitrogens with zero attached hydrogens (tertiary/aromatic N) is 4. The van der Waals surface area contributed by atoms with Crippen LogP contribution < -0.4 is 5.32 Å². The van der Waals surface area contributed by atoms with Gasteiger partial charge in [-0.1, -0.05) is 18.5 Å². The number of carbonyl (C=O) groups is 1. The summed E-state index contributed by atoms with van der Waals surface area (Å²) in [6.45, 7) is 3.17. The average molecular weight is 309 g/mol. The minimum Gasteiger partial charge on any atom is -0.370 e. The van der Waals surface area contributed by atoms with E-state index in [1.54, 1.807) is 13.1 Å². The van der Waals surface area contributed by atoms with Crippen LogP contribution in [0.4, 0.5) is 5.82 Å². The normalized spacial score (nSPS) is 10.4. The van der Waals surface area contributed by atoms with Gasteiger partial charge in [0, 0.05) is 19.8 Å². The molecule has 2 aromatic heterocycles. The zero-order chi connectivity index (χ0) is 15.2. The third kappa shape index (κ3) is 3.91. The first kappa shape index (κ1) is 15.2. The number of H-pyrrole nitrogens is 1. The monoisotopic (exact) mass is 308 g/mol. The lowest BCUT2D eigenvalue weighted by Crippen LogP contribution is -2.27. The van der Waals surface area contributed by atoms with Crippen LogP contribution in [-0.2, 0) is 6.54 Å². The van der Waals surface area contributed by atoms with Gasteiger partial charge in [0.05, 0.1) is 17.1 Å². The number of carbonyl (C=O) groups excluding carboxylic acids is 1. The molecule has 0 atom stereocenters. The number of anilines is 1. The molecule has 0 radical (unpaired) electrons. The molecule has 0 saturated carbocycles. The Morgan fingerprint density at radius 1 is 1.48 bits per heavy atom. The summed E-state index contributed by atoms with van der Waals surface area (Å²) in [6.07, 6.45) is 3.86. The van der Waals surface area contributed by atoms with Crippen LogP contribution in [0.3, 0.4) is 0 Å². The Balaban J connectivity index is 2.13. The highest BCUT2D eigenvalue weighted by molar-refractivity contribution is 6.33. The van der Waals surface area contributed by atoms with Gasteiger partial charge >= 0.3 is 0 Å². The second-order valence-electron chi connectivity index (χ2n) is 4.57. The molecule has 0 aromatic carbocycles. The van der Waals surface area contributed by atoms with Gasteiger partial charge < -0.3 is 10.2 Å². The predicted molar refractivity (Wildman–Crippen MR) is 80.2 cm³/mol. The first-order chi connectivity index (χ1) is 10.1. The maximum absolute atomic E-state index is 12.4. The van der Waals surface area contributed by atoms with Gasteiger partial charge in [-0.3, -0.25) is 9.89 Å². The van der Waals surface area contributed by atoms with Crippen molar-refractivity contribution in [1.82, 2.24) is 25.1 Å². The highest BCUT2D eigenvalue weighted by Crippen LogP contribution is 2.20. The maximum atomic E-state index is 12.4. The van der Waals surface area contributed by atoms with Gasteiger partial charge in [0.15, 0.2) is 0 Å². The predicted octanol–water partition coefficient (Wildman–Crippen LogP) is 1.95. The Bertz CT molecular complexity index is 601. The number of aromatic amines is 1. The Labute approximate surface area is 127 Å². The zero-order valence-electron chi connectivity index (χ0n) is 11.9. The Morgan fingerprint density at radius 3 is 2.95 bits per heavy atom. The molecule has 21 heavy (non-hydrogen) atoms. The van der Waals surface area contributed by atoms with Crippen LogP contribution in [0.2, 0.25) is 5.02 Å². The fourth-order valence-electron chi connectivity index (χ4n) is 1.76. The highest BCUT2D eigenvalue weighted by Gasteiger charge is 2.17. The van der Waals surface area contributed by atoms with Crippen molar-refractivity contribution < 1.29 is 4.79 Å². The standard InChI is InChI=1S/C13H17ClN6O/c1-3-4-15-11-5-9(10(14)6-16-11)13(21)20(2)7-12-17-8-18-19-12/h5-6,8H,3-4,7H2,1-2H3,(H,15,16)(H,17,18,19). The van der Waals surface area contributed by atoms with Crippen molar-refractivity contribution in [1.29, 1.82) is 0 Å². The quantitative estimate of drug-likeness (QED) is 0.851. The lowest BCUT2D eigenvalue weighted by molar-refractivity contribution is 0.0782. The van der Waals surface area contributed by atoms with Crippen molar-refractivity contribution in [3.8, 4) is 0 Å². The van der Waals surface area contributed by atoms with E-state index >= 15 is 0 Å². The van der Waals surface area contributed by atoms with Crippen LogP contribution >= 0.6 is 11.6 Å². The molecule has 0 aliphatic rings. The summed E-state index contributed by atoms with van der Waals surface area (Å²) < 4.78 is 0. The van der Waals surface area contributed by atoms with Crippen molar-refractivity contribution in [2.24, 2.45) is 0 Å². The average Bonchev–Trinajstić information content (AvgIpc) is 2.98. The van der Waals surface area contributed by atoms with Gasteiger partial charge in [-0.05, 0) is 12.5 Å². The van der Waals surface area contributed by atoms with E-state index in [9.17, 15) is 4.79 Å². The molecule has 8 heteroatoms. The van der Waals surface area contributed by atoms with Crippen LogP contribution in [0, 0.1) is 0 Å². The van der Waals surface area contributed by atoms with Gasteiger partial charge in [0.2, 0.25) is 0 Å². The van der Waals surface area contributed by atoms with Crippen molar-refractivity contribution >= 4 is 23.3 Å². The molecule has 0 unspecified atom stereocenters. The van der Waals surface area contributed by atoms with Crippen LogP contribution in [0.5, 0.6) is 0 Å². The number of halogens is 1.